The highest BCUT2D eigenvalue weighted by Gasteiger charge is 2.27. The van der Waals surface area contributed by atoms with E-state index >= 15 is 0 Å². The van der Waals surface area contributed by atoms with Crippen LogP contribution in [0.3, 0.4) is 0 Å². The first kappa shape index (κ1) is 34.6. The van der Waals surface area contributed by atoms with Crippen LogP contribution in [0.5, 0.6) is 5.75 Å². The first-order valence-corrected chi connectivity index (χ1v) is 14.0. The summed E-state index contributed by atoms with van der Waals surface area (Å²) in [5.74, 6) is -2.00. The average Bonchev–Trinajstić information content (AvgIpc) is 2.94. The van der Waals surface area contributed by atoms with Crippen molar-refractivity contribution in [3.05, 3.63) is 65.7 Å². The minimum absolute atomic E-state index is 0.0420. The number of hydrogen-bond donors (Lipinski definition) is 3. The number of amides is 3. The number of nitrogens with one attached hydrogen (secondary N) is 3. The van der Waals surface area contributed by atoms with E-state index in [1.807, 2.05) is 30.3 Å². The van der Waals surface area contributed by atoms with Crippen molar-refractivity contribution in [2.45, 2.75) is 72.3 Å². The van der Waals surface area contributed by atoms with Crippen LogP contribution in [0.2, 0.25) is 0 Å². The summed E-state index contributed by atoms with van der Waals surface area (Å²) in [6, 6.07) is 13.5. The third-order valence-electron chi connectivity index (χ3n) is 5.69. The SMILES string of the molecule is CCOC(=O)[C@H](Cc1ccc(OC(=O)[C@@H](NC(=O)CNC(=O)OC(C)(C)C)C(C)C)cc1)NC(=O)OCc1ccccc1. The van der Waals surface area contributed by atoms with E-state index in [0.29, 0.717) is 5.56 Å². The third kappa shape index (κ3) is 13.3. The Bertz CT molecular complexity index is 1230. The number of esters is 2. The fourth-order valence-electron chi connectivity index (χ4n) is 3.64. The van der Waals surface area contributed by atoms with E-state index in [4.69, 9.17) is 18.9 Å². The highest BCUT2D eigenvalue weighted by atomic mass is 16.6. The van der Waals surface area contributed by atoms with Gasteiger partial charge in [0.05, 0.1) is 6.61 Å². The lowest BCUT2D eigenvalue weighted by molar-refractivity contribution is -0.145. The third-order valence-corrected chi connectivity index (χ3v) is 5.69. The van der Waals surface area contributed by atoms with Gasteiger partial charge in [0.15, 0.2) is 0 Å². The lowest BCUT2D eigenvalue weighted by Gasteiger charge is -2.22. The Balaban J connectivity index is 1.96. The van der Waals surface area contributed by atoms with E-state index in [1.54, 1.807) is 53.7 Å². The van der Waals surface area contributed by atoms with Gasteiger partial charge in [-0.15, -0.1) is 0 Å². The zero-order valence-electron chi connectivity index (χ0n) is 25.4. The van der Waals surface area contributed by atoms with Crippen LogP contribution in [0.4, 0.5) is 9.59 Å². The number of alkyl carbamates (subject to hydrolysis) is 2. The lowest BCUT2D eigenvalue weighted by atomic mass is 10.0. The van der Waals surface area contributed by atoms with E-state index in [0.717, 1.165) is 5.56 Å². The molecule has 3 amide bonds. The Morgan fingerprint density at radius 1 is 0.791 bits per heavy atom. The van der Waals surface area contributed by atoms with Crippen molar-refractivity contribution in [3.8, 4) is 5.75 Å². The second kappa shape index (κ2) is 16.7. The van der Waals surface area contributed by atoms with E-state index < -0.39 is 47.7 Å². The standard InChI is InChI=1S/C31H41N3O9/c1-7-40-27(36)24(33-30(39)41-19-22-11-9-8-10-12-22)17-21-13-15-23(16-14-21)42-28(37)26(20(2)3)34-25(35)18-32-29(38)43-31(4,5)6/h8-16,20,24,26H,7,17-19H2,1-6H3,(H,32,38)(H,33,39)(H,34,35)/t24-,26-/m0/s1. The molecule has 0 bridgehead atoms. The summed E-state index contributed by atoms with van der Waals surface area (Å²) < 4.78 is 20.9. The largest absolute Gasteiger partial charge is 0.464 e. The maximum absolute atomic E-state index is 12.9. The molecule has 0 aliphatic carbocycles. The Hall–Kier alpha value is -4.61. The Labute approximate surface area is 251 Å². The van der Waals surface area contributed by atoms with Crippen molar-refractivity contribution in [2.75, 3.05) is 13.2 Å². The van der Waals surface area contributed by atoms with Crippen molar-refractivity contribution >= 4 is 30.0 Å². The molecule has 12 heteroatoms. The minimum Gasteiger partial charge on any atom is -0.464 e. The van der Waals surface area contributed by atoms with Gasteiger partial charge in [-0.2, -0.15) is 0 Å². The van der Waals surface area contributed by atoms with Gasteiger partial charge in [-0.25, -0.2) is 19.2 Å². The van der Waals surface area contributed by atoms with Crippen LogP contribution < -0.4 is 20.7 Å². The molecule has 234 valence electrons. The molecule has 0 spiro atoms. The summed E-state index contributed by atoms with van der Waals surface area (Å²) in [5, 5.41) is 7.46. The molecule has 2 aromatic rings. The molecule has 43 heavy (non-hydrogen) atoms. The predicted octanol–water partition coefficient (Wildman–Crippen LogP) is 3.66. The predicted molar refractivity (Wildman–Crippen MR) is 157 cm³/mol. The molecule has 2 atom stereocenters. The number of hydrogen-bond acceptors (Lipinski definition) is 9. The molecule has 0 heterocycles. The Morgan fingerprint density at radius 3 is 2.02 bits per heavy atom. The van der Waals surface area contributed by atoms with Gasteiger partial charge >= 0.3 is 24.1 Å². The van der Waals surface area contributed by atoms with Crippen LogP contribution >= 0.6 is 0 Å². The molecule has 0 aromatic heterocycles. The minimum atomic E-state index is -1.01. The lowest BCUT2D eigenvalue weighted by Crippen LogP contribution is -2.49. The Morgan fingerprint density at radius 2 is 1.44 bits per heavy atom. The average molecular weight is 600 g/mol. The number of carbonyl (C=O) groups excluding carboxylic acids is 5. The monoisotopic (exact) mass is 599 g/mol. The van der Waals surface area contributed by atoms with Gasteiger partial charge in [0.1, 0.15) is 36.6 Å². The van der Waals surface area contributed by atoms with Crippen molar-refractivity contribution in [1.29, 1.82) is 0 Å². The van der Waals surface area contributed by atoms with E-state index in [-0.39, 0.29) is 37.8 Å². The number of benzene rings is 2. The molecule has 0 aliphatic heterocycles. The van der Waals surface area contributed by atoms with Gasteiger partial charge in [-0.05, 0) is 56.9 Å². The molecular formula is C31H41N3O9. The summed E-state index contributed by atoms with van der Waals surface area (Å²) in [7, 11) is 0. The fourth-order valence-corrected chi connectivity index (χ4v) is 3.64. The van der Waals surface area contributed by atoms with Crippen molar-refractivity contribution < 1.29 is 42.9 Å². The topological polar surface area (TPSA) is 158 Å². The molecule has 0 aliphatic rings. The molecule has 0 fully saturated rings. The summed E-state index contributed by atoms with van der Waals surface area (Å²) in [5.41, 5.74) is 0.737. The van der Waals surface area contributed by atoms with Crippen molar-refractivity contribution in [3.63, 3.8) is 0 Å². The number of rotatable bonds is 13. The fraction of sp³-hybridized carbons (Fsp3) is 0.452. The Kier molecular flexibility index (Phi) is 13.5. The van der Waals surface area contributed by atoms with Crippen LogP contribution in [0.15, 0.2) is 54.6 Å². The highest BCUT2D eigenvalue weighted by molar-refractivity contribution is 5.88. The van der Waals surface area contributed by atoms with Crippen LogP contribution in [0, 0.1) is 5.92 Å². The van der Waals surface area contributed by atoms with Gasteiger partial charge in [-0.1, -0.05) is 56.3 Å². The number of carbonyl (C=O) groups is 5. The zero-order valence-corrected chi connectivity index (χ0v) is 25.4. The van der Waals surface area contributed by atoms with Crippen molar-refractivity contribution in [1.82, 2.24) is 16.0 Å². The molecule has 0 radical (unpaired) electrons. The van der Waals surface area contributed by atoms with Gasteiger partial charge in [0.2, 0.25) is 5.91 Å². The quantitative estimate of drug-likeness (QED) is 0.177. The summed E-state index contributed by atoms with van der Waals surface area (Å²) in [6.45, 7) is 10.0. The van der Waals surface area contributed by atoms with Gasteiger partial charge in [0.25, 0.3) is 0 Å². The molecule has 2 aromatic carbocycles. The van der Waals surface area contributed by atoms with Crippen LogP contribution in [-0.2, 0) is 41.6 Å². The zero-order chi connectivity index (χ0) is 32.0. The summed E-state index contributed by atoms with van der Waals surface area (Å²) in [6.07, 6.45) is -1.42. The summed E-state index contributed by atoms with van der Waals surface area (Å²) in [4.78, 5) is 61.9. The van der Waals surface area contributed by atoms with Crippen molar-refractivity contribution in [2.24, 2.45) is 5.92 Å². The summed E-state index contributed by atoms with van der Waals surface area (Å²) >= 11 is 0. The normalized spacial score (nSPS) is 12.3. The highest BCUT2D eigenvalue weighted by Crippen LogP contribution is 2.16. The maximum Gasteiger partial charge on any atom is 0.408 e. The second-order valence-corrected chi connectivity index (χ2v) is 10.9. The van der Waals surface area contributed by atoms with E-state index in [9.17, 15) is 24.0 Å². The van der Waals surface area contributed by atoms with Gasteiger partial charge in [-0.3, -0.25) is 4.79 Å². The molecule has 0 unspecified atom stereocenters. The molecule has 12 nitrogen and oxygen atoms in total. The smallest absolute Gasteiger partial charge is 0.408 e. The molecule has 2 rings (SSSR count). The molecule has 0 saturated heterocycles. The molecule has 0 saturated carbocycles. The second-order valence-electron chi connectivity index (χ2n) is 10.9. The first-order valence-electron chi connectivity index (χ1n) is 14.0. The van der Waals surface area contributed by atoms with E-state index in [1.165, 1.54) is 12.1 Å². The first-order chi connectivity index (χ1) is 20.3. The van der Waals surface area contributed by atoms with E-state index in [2.05, 4.69) is 16.0 Å². The molecular weight excluding hydrogens is 558 g/mol. The van der Waals surface area contributed by atoms with Crippen LogP contribution in [-0.4, -0.2) is 60.9 Å². The van der Waals surface area contributed by atoms with Crippen LogP contribution in [0.25, 0.3) is 0 Å². The van der Waals surface area contributed by atoms with Crippen LogP contribution in [0.1, 0.15) is 52.7 Å². The van der Waals surface area contributed by atoms with Gasteiger partial charge in [0, 0.05) is 6.42 Å². The molecule has 3 N–H and O–H groups in total. The number of ether oxygens (including phenoxy) is 4. The van der Waals surface area contributed by atoms with Gasteiger partial charge < -0.3 is 34.9 Å². The maximum atomic E-state index is 12.9.